The van der Waals surface area contributed by atoms with Crippen LogP contribution in [0.2, 0.25) is 0 Å². The number of carbonyl (C=O) groups is 3. The van der Waals surface area contributed by atoms with Crippen molar-refractivity contribution in [3.8, 4) is 0 Å². The molecular weight excluding hydrogens is 524 g/mol. The van der Waals surface area contributed by atoms with E-state index in [1.165, 1.54) is 6.92 Å². The van der Waals surface area contributed by atoms with Gasteiger partial charge in [0, 0.05) is 38.1 Å². The SMILES string of the molecule is CC(=O)c1nn(CC(=O)N2[C@H](C(=O)Nc3nc(Br)ccc3C)C[C@@]3(C)C[C@@H]23)c2ccc(N(C)C)cc12. The average Bonchev–Trinajstić information content (AvgIpc) is 3.18. The molecule has 3 heterocycles. The van der Waals surface area contributed by atoms with Gasteiger partial charge in [0.1, 0.15) is 28.7 Å². The first-order valence-electron chi connectivity index (χ1n) is 11.9. The summed E-state index contributed by atoms with van der Waals surface area (Å²) in [6, 6.07) is 8.86. The summed E-state index contributed by atoms with van der Waals surface area (Å²) >= 11 is 3.35. The first kappa shape index (κ1) is 24.4. The number of Topliss-reactive ketones (excluding diaryl/α,β-unsaturated/α-hetero) is 1. The fraction of sp³-hybridized carbons (Fsp3) is 0.423. The molecule has 2 aromatic heterocycles. The van der Waals surface area contributed by atoms with Crippen LogP contribution in [0.5, 0.6) is 0 Å². The van der Waals surface area contributed by atoms with Crippen molar-refractivity contribution in [1.82, 2.24) is 19.7 Å². The fourth-order valence-electron chi connectivity index (χ4n) is 5.23. The van der Waals surface area contributed by atoms with E-state index in [-0.39, 0.29) is 35.6 Å². The number of aryl methyl sites for hydroxylation is 1. The van der Waals surface area contributed by atoms with Crippen LogP contribution in [-0.2, 0) is 16.1 Å². The fourth-order valence-corrected chi connectivity index (χ4v) is 5.54. The van der Waals surface area contributed by atoms with Crippen molar-refractivity contribution in [3.63, 3.8) is 0 Å². The van der Waals surface area contributed by atoms with E-state index in [2.05, 4.69) is 38.3 Å². The minimum absolute atomic E-state index is 0.0202. The second-order valence-corrected chi connectivity index (χ2v) is 11.2. The molecule has 2 fully saturated rings. The van der Waals surface area contributed by atoms with E-state index in [0.29, 0.717) is 33.4 Å². The molecule has 1 saturated carbocycles. The molecule has 0 radical (unpaired) electrons. The summed E-state index contributed by atoms with van der Waals surface area (Å²) in [6.45, 7) is 5.43. The number of benzene rings is 1. The Balaban J connectivity index is 1.43. The number of aromatic nitrogens is 3. The van der Waals surface area contributed by atoms with Crippen molar-refractivity contribution in [3.05, 3.63) is 46.2 Å². The van der Waals surface area contributed by atoms with E-state index in [0.717, 1.165) is 17.7 Å². The number of fused-ring (bicyclic) bond motifs is 2. The largest absolute Gasteiger partial charge is 0.378 e. The summed E-state index contributed by atoms with van der Waals surface area (Å²) in [4.78, 5) is 47.3. The van der Waals surface area contributed by atoms with Crippen LogP contribution in [0.25, 0.3) is 10.9 Å². The Morgan fingerprint density at radius 2 is 1.94 bits per heavy atom. The van der Waals surface area contributed by atoms with Crippen LogP contribution in [0.1, 0.15) is 42.7 Å². The van der Waals surface area contributed by atoms with Crippen LogP contribution in [-0.4, -0.2) is 63.4 Å². The van der Waals surface area contributed by atoms with Gasteiger partial charge in [-0.2, -0.15) is 5.10 Å². The molecule has 9 nitrogen and oxygen atoms in total. The van der Waals surface area contributed by atoms with Gasteiger partial charge in [-0.1, -0.05) is 13.0 Å². The van der Waals surface area contributed by atoms with Gasteiger partial charge in [0.25, 0.3) is 0 Å². The molecule has 36 heavy (non-hydrogen) atoms. The second-order valence-electron chi connectivity index (χ2n) is 10.3. The number of anilines is 2. The van der Waals surface area contributed by atoms with Crippen molar-refractivity contribution in [1.29, 1.82) is 0 Å². The number of carbonyl (C=O) groups excluding carboxylic acids is 3. The number of rotatable bonds is 6. The second kappa shape index (κ2) is 8.69. The maximum Gasteiger partial charge on any atom is 0.248 e. The third-order valence-corrected chi connectivity index (χ3v) is 7.84. The van der Waals surface area contributed by atoms with Gasteiger partial charge in [-0.05, 0) is 70.9 Å². The van der Waals surface area contributed by atoms with Crippen LogP contribution < -0.4 is 10.2 Å². The molecular formula is C26H29BrN6O3. The number of likely N-dealkylation sites (tertiary alicyclic amines) is 1. The number of amides is 2. The Hall–Kier alpha value is -3.27. The summed E-state index contributed by atoms with van der Waals surface area (Å²) in [5.41, 5.74) is 2.78. The van der Waals surface area contributed by atoms with Crippen LogP contribution in [0.4, 0.5) is 11.5 Å². The van der Waals surface area contributed by atoms with E-state index < -0.39 is 6.04 Å². The van der Waals surface area contributed by atoms with E-state index in [9.17, 15) is 14.4 Å². The maximum atomic E-state index is 13.6. The predicted octanol–water partition coefficient (Wildman–Crippen LogP) is 3.79. The molecule has 1 N–H and O–H groups in total. The van der Waals surface area contributed by atoms with Gasteiger partial charge in [-0.15, -0.1) is 0 Å². The molecule has 10 heteroatoms. The van der Waals surface area contributed by atoms with Gasteiger partial charge in [0.05, 0.1) is 5.52 Å². The summed E-state index contributed by atoms with van der Waals surface area (Å²) in [5, 5.41) is 8.13. The zero-order valence-corrected chi connectivity index (χ0v) is 22.6. The minimum atomic E-state index is -0.587. The summed E-state index contributed by atoms with van der Waals surface area (Å²) < 4.78 is 2.21. The maximum absolute atomic E-state index is 13.6. The Labute approximate surface area is 218 Å². The van der Waals surface area contributed by atoms with Crippen molar-refractivity contribution in [2.24, 2.45) is 5.41 Å². The quantitative estimate of drug-likeness (QED) is 0.369. The number of nitrogens with zero attached hydrogens (tertiary/aromatic N) is 5. The predicted molar refractivity (Wildman–Crippen MR) is 141 cm³/mol. The average molecular weight is 553 g/mol. The van der Waals surface area contributed by atoms with Gasteiger partial charge in [-0.25, -0.2) is 4.98 Å². The highest BCUT2D eigenvalue weighted by Crippen LogP contribution is 2.59. The summed E-state index contributed by atoms with van der Waals surface area (Å²) in [6.07, 6.45) is 1.48. The lowest BCUT2D eigenvalue weighted by Gasteiger charge is -2.27. The van der Waals surface area contributed by atoms with Crippen molar-refractivity contribution < 1.29 is 14.4 Å². The van der Waals surface area contributed by atoms with E-state index >= 15 is 0 Å². The monoisotopic (exact) mass is 552 g/mol. The molecule has 3 aromatic rings. The molecule has 1 aliphatic heterocycles. The van der Waals surface area contributed by atoms with Crippen molar-refractivity contribution in [2.45, 2.75) is 52.2 Å². The van der Waals surface area contributed by atoms with Crippen molar-refractivity contribution >= 4 is 55.9 Å². The summed E-state index contributed by atoms with van der Waals surface area (Å²) in [7, 11) is 3.86. The first-order valence-corrected chi connectivity index (χ1v) is 12.7. The molecule has 3 atom stereocenters. The number of halogens is 1. The lowest BCUT2D eigenvalue weighted by atomic mass is 10.0. The van der Waals surface area contributed by atoms with Crippen molar-refractivity contribution in [2.75, 3.05) is 24.3 Å². The smallest absolute Gasteiger partial charge is 0.248 e. The lowest BCUT2D eigenvalue weighted by molar-refractivity contribution is -0.138. The number of hydrogen-bond donors (Lipinski definition) is 1. The zero-order valence-electron chi connectivity index (χ0n) is 21.0. The number of hydrogen-bond acceptors (Lipinski definition) is 6. The topological polar surface area (TPSA) is 100 Å². The van der Waals surface area contributed by atoms with E-state index in [1.54, 1.807) is 9.58 Å². The van der Waals surface area contributed by atoms with Gasteiger partial charge >= 0.3 is 0 Å². The minimum Gasteiger partial charge on any atom is -0.378 e. The summed E-state index contributed by atoms with van der Waals surface area (Å²) in [5.74, 6) is -0.104. The number of pyridine rings is 1. The number of piperidine rings is 1. The van der Waals surface area contributed by atoms with E-state index in [1.807, 2.05) is 56.3 Å². The Morgan fingerprint density at radius 3 is 2.64 bits per heavy atom. The highest BCUT2D eigenvalue weighted by molar-refractivity contribution is 9.10. The zero-order chi connectivity index (χ0) is 25.9. The lowest BCUT2D eigenvalue weighted by Crippen LogP contribution is -2.47. The molecule has 5 rings (SSSR count). The van der Waals surface area contributed by atoms with Crippen LogP contribution in [0.15, 0.2) is 34.9 Å². The standard InChI is InChI=1S/C26H29BrN6O3/c1-14-6-9-21(27)28-24(14)29-25(36)19-11-26(3)12-20(26)33(19)22(35)13-32-18-8-7-16(31(4)5)10-17(18)23(30-32)15(2)34/h6-10,19-20H,11-13H2,1-5H3,(H,28,29,36)/t19-,20+,26-/m0/s1. The molecule has 0 spiro atoms. The van der Waals surface area contributed by atoms with Crippen LogP contribution >= 0.6 is 15.9 Å². The van der Waals surface area contributed by atoms with Gasteiger partial charge < -0.3 is 15.1 Å². The normalized spacial score (nSPS) is 22.4. The Kier molecular flexibility index (Phi) is 5.89. The first-order chi connectivity index (χ1) is 17.0. The molecule has 1 saturated heterocycles. The molecule has 2 aliphatic rings. The Morgan fingerprint density at radius 1 is 1.19 bits per heavy atom. The van der Waals surface area contributed by atoms with Gasteiger partial charge in [0.15, 0.2) is 5.78 Å². The molecule has 188 valence electrons. The molecule has 1 aromatic carbocycles. The van der Waals surface area contributed by atoms with E-state index in [4.69, 9.17) is 0 Å². The third kappa shape index (κ3) is 4.17. The molecule has 1 aliphatic carbocycles. The van der Waals surface area contributed by atoms with Gasteiger partial charge in [0.2, 0.25) is 11.8 Å². The Bertz CT molecular complexity index is 1420. The van der Waals surface area contributed by atoms with Gasteiger partial charge in [-0.3, -0.25) is 19.1 Å². The molecule has 0 unspecified atom stereocenters. The number of ketones is 1. The molecule has 2 amide bonds. The molecule has 0 bridgehead atoms. The van der Waals surface area contributed by atoms with Crippen LogP contribution in [0, 0.1) is 12.3 Å². The highest BCUT2D eigenvalue weighted by atomic mass is 79.9. The third-order valence-electron chi connectivity index (χ3n) is 7.40. The highest BCUT2D eigenvalue weighted by Gasteiger charge is 2.64. The number of nitrogens with one attached hydrogen (secondary N) is 1. The van der Waals surface area contributed by atoms with Crippen LogP contribution in [0.3, 0.4) is 0 Å².